The summed E-state index contributed by atoms with van der Waals surface area (Å²) in [5.74, 6) is -0.533. The monoisotopic (exact) mass is 206 g/mol. The average Bonchev–Trinajstić information content (AvgIpc) is 2.73. The smallest absolute Gasteiger partial charge is 0.310 e. The first kappa shape index (κ1) is 11.3. The number of nitriles is 1. The first-order valence-electron chi connectivity index (χ1n) is 4.76. The normalized spacial score (nSPS) is 14.0. The van der Waals surface area contributed by atoms with Crippen LogP contribution in [-0.2, 0) is 9.53 Å². The van der Waals surface area contributed by atoms with E-state index in [9.17, 15) is 4.79 Å². The minimum absolute atomic E-state index is 0.0814. The fourth-order valence-electron chi connectivity index (χ4n) is 1.47. The number of nitrogens with zero attached hydrogens (tertiary/aromatic N) is 2. The predicted molar refractivity (Wildman–Crippen MR) is 55.0 cm³/mol. The molecule has 0 aliphatic rings. The lowest BCUT2D eigenvalue weighted by atomic mass is 10.0. The van der Waals surface area contributed by atoms with Gasteiger partial charge < -0.3 is 9.30 Å². The maximum Gasteiger partial charge on any atom is 0.310 e. The van der Waals surface area contributed by atoms with Gasteiger partial charge in [0.2, 0.25) is 0 Å². The molecule has 80 valence electrons. The minimum Gasteiger partial charge on any atom is -0.469 e. The molecule has 15 heavy (non-hydrogen) atoms. The van der Waals surface area contributed by atoms with Gasteiger partial charge in [-0.3, -0.25) is 4.79 Å². The number of carbonyl (C=O) groups excluding carboxylic acids is 1. The van der Waals surface area contributed by atoms with Crippen molar-refractivity contribution in [2.45, 2.75) is 19.9 Å². The number of carbonyl (C=O) groups is 1. The molecule has 0 aliphatic heterocycles. The molecule has 1 heterocycles. The average molecular weight is 206 g/mol. The summed E-state index contributed by atoms with van der Waals surface area (Å²) >= 11 is 0. The number of ether oxygens (including phenoxy) is 1. The van der Waals surface area contributed by atoms with Crippen molar-refractivity contribution in [1.82, 2.24) is 4.57 Å². The third-order valence-corrected chi connectivity index (χ3v) is 2.63. The highest BCUT2D eigenvalue weighted by Gasteiger charge is 2.23. The van der Waals surface area contributed by atoms with E-state index in [1.165, 1.54) is 7.11 Å². The third-order valence-electron chi connectivity index (χ3n) is 2.63. The van der Waals surface area contributed by atoms with Crippen LogP contribution >= 0.6 is 0 Å². The van der Waals surface area contributed by atoms with Gasteiger partial charge >= 0.3 is 5.97 Å². The number of methoxy groups -OCH3 is 1. The number of aromatic nitrogens is 1. The zero-order chi connectivity index (χ0) is 11.4. The molecule has 0 fully saturated rings. The molecule has 1 aromatic heterocycles. The summed E-state index contributed by atoms with van der Waals surface area (Å²) in [6.45, 7) is 3.68. The van der Waals surface area contributed by atoms with E-state index >= 15 is 0 Å². The topological polar surface area (TPSA) is 55.0 Å². The van der Waals surface area contributed by atoms with Crippen LogP contribution in [-0.4, -0.2) is 17.6 Å². The lowest BCUT2D eigenvalue weighted by Crippen LogP contribution is -2.23. The molecule has 2 unspecified atom stereocenters. The molecule has 1 rings (SSSR count). The van der Waals surface area contributed by atoms with Gasteiger partial charge in [-0.2, -0.15) is 5.26 Å². The van der Waals surface area contributed by atoms with Gasteiger partial charge in [-0.25, -0.2) is 0 Å². The maximum absolute atomic E-state index is 11.3. The fourth-order valence-corrected chi connectivity index (χ4v) is 1.47. The Balaban J connectivity index is 2.90. The maximum atomic E-state index is 11.3. The Morgan fingerprint density at radius 1 is 1.60 bits per heavy atom. The molecule has 0 spiro atoms. The standard InChI is InChI=1S/C11H14N2O2/c1-8(11(14)15-3)9(2)13-6-4-5-10(13)7-12/h4-6,8-9H,1-3H3. The molecule has 0 bridgehead atoms. The number of esters is 1. The quantitative estimate of drug-likeness (QED) is 0.708. The van der Waals surface area contributed by atoms with Crippen LogP contribution in [0.3, 0.4) is 0 Å². The Kier molecular flexibility index (Phi) is 3.51. The van der Waals surface area contributed by atoms with Crippen LogP contribution in [0.15, 0.2) is 18.3 Å². The van der Waals surface area contributed by atoms with Crippen molar-refractivity contribution in [1.29, 1.82) is 5.26 Å². The van der Waals surface area contributed by atoms with E-state index in [0.717, 1.165) is 0 Å². The Labute approximate surface area is 89.1 Å². The molecule has 0 amide bonds. The van der Waals surface area contributed by atoms with Crippen LogP contribution in [0.1, 0.15) is 25.6 Å². The van der Waals surface area contributed by atoms with Gasteiger partial charge in [-0.15, -0.1) is 0 Å². The minimum atomic E-state index is -0.269. The largest absolute Gasteiger partial charge is 0.469 e. The van der Waals surface area contributed by atoms with Gasteiger partial charge in [0.15, 0.2) is 0 Å². The molecule has 0 aliphatic carbocycles. The van der Waals surface area contributed by atoms with Crippen molar-refractivity contribution in [3.63, 3.8) is 0 Å². The van der Waals surface area contributed by atoms with Gasteiger partial charge in [0, 0.05) is 12.2 Å². The van der Waals surface area contributed by atoms with Crippen LogP contribution in [0.2, 0.25) is 0 Å². The van der Waals surface area contributed by atoms with Crippen molar-refractivity contribution in [3.8, 4) is 6.07 Å². The molecule has 1 aromatic rings. The Hall–Kier alpha value is -1.76. The van der Waals surface area contributed by atoms with E-state index in [1.54, 1.807) is 29.8 Å². The number of hydrogen-bond acceptors (Lipinski definition) is 3. The SMILES string of the molecule is COC(=O)C(C)C(C)n1cccc1C#N. The lowest BCUT2D eigenvalue weighted by molar-refractivity contribution is -0.146. The van der Waals surface area contributed by atoms with E-state index in [4.69, 9.17) is 5.26 Å². The molecule has 0 saturated heterocycles. The predicted octanol–water partition coefficient (Wildman–Crippen LogP) is 1.73. The Morgan fingerprint density at radius 3 is 2.80 bits per heavy atom. The van der Waals surface area contributed by atoms with Crippen LogP contribution in [0.5, 0.6) is 0 Å². The van der Waals surface area contributed by atoms with E-state index in [0.29, 0.717) is 5.69 Å². The van der Waals surface area contributed by atoms with Crippen molar-refractivity contribution in [3.05, 3.63) is 24.0 Å². The van der Waals surface area contributed by atoms with E-state index < -0.39 is 0 Å². The van der Waals surface area contributed by atoms with Crippen molar-refractivity contribution >= 4 is 5.97 Å². The van der Waals surface area contributed by atoms with Gasteiger partial charge in [-0.05, 0) is 26.0 Å². The number of hydrogen-bond donors (Lipinski definition) is 0. The molecular formula is C11H14N2O2. The fraction of sp³-hybridized carbons (Fsp3) is 0.455. The second-order valence-electron chi connectivity index (χ2n) is 3.46. The zero-order valence-corrected chi connectivity index (χ0v) is 9.10. The molecule has 0 saturated carbocycles. The first-order valence-corrected chi connectivity index (χ1v) is 4.76. The van der Waals surface area contributed by atoms with Crippen molar-refractivity contribution < 1.29 is 9.53 Å². The van der Waals surface area contributed by atoms with Gasteiger partial charge in [0.05, 0.1) is 13.0 Å². The number of rotatable bonds is 3. The molecule has 4 heteroatoms. The summed E-state index contributed by atoms with van der Waals surface area (Å²) in [6, 6.07) is 5.51. The Morgan fingerprint density at radius 2 is 2.27 bits per heavy atom. The van der Waals surface area contributed by atoms with E-state index in [2.05, 4.69) is 10.8 Å². The third kappa shape index (κ3) is 2.18. The molecule has 0 N–H and O–H groups in total. The second-order valence-corrected chi connectivity index (χ2v) is 3.46. The van der Waals surface area contributed by atoms with Crippen LogP contribution < -0.4 is 0 Å². The summed E-state index contributed by atoms with van der Waals surface area (Å²) in [5.41, 5.74) is 0.554. The molecule has 4 nitrogen and oxygen atoms in total. The van der Waals surface area contributed by atoms with Gasteiger partial charge in [0.25, 0.3) is 0 Å². The van der Waals surface area contributed by atoms with Gasteiger partial charge in [0.1, 0.15) is 11.8 Å². The van der Waals surface area contributed by atoms with Crippen LogP contribution in [0.4, 0.5) is 0 Å². The highest BCUT2D eigenvalue weighted by molar-refractivity contribution is 5.72. The second kappa shape index (κ2) is 4.65. The first-order chi connectivity index (χ1) is 7.11. The summed E-state index contributed by atoms with van der Waals surface area (Å²) in [6.07, 6.45) is 1.79. The summed E-state index contributed by atoms with van der Waals surface area (Å²) in [5, 5.41) is 8.85. The molecular weight excluding hydrogens is 192 g/mol. The highest BCUT2D eigenvalue weighted by atomic mass is 16.5. The van der Waals surface area contributed by atoms with E-state index in [1.807, 2.05) is 6.92 Å². The summed E-state index contributed by atoms with van der Waals surface area (Å²) in [4.78, 5) is 11.3. The van der Waals surface area contributed by atoms with Crippen molar-refractivity contribution in [2.24, 2.45) is 5.92 Å². The summed E-state index contributed by atoms with van der Waals surface area (Å²) in [7, 11) is 1.37. The van der Waals surface area contributed by atoms with Gasteiger partial charge in [-0.1, -0.05) is 0 Å². The van der Waals surface area contributed by atoms with Crippen molar-refractivity contribution in [2.75, 3.05) is 7.11 Å². The Bertz CT molecular complexity index is 390. The van der Waals surface area contributed by atoms with E-state index in [-0.39, 0.29) is 17.9 Å². The highest BCUT2D eigenvalue weighted by Crippen LogP contribution is 2.20. The molecule has 0 aromatic carbocycles. The summed E-state index contributed by atoms with van der Waals surface area (Å²) < 4.78 is 6.45. The lowest BCUT2D eigenvalue weighted by Gasteiger charge is -2.20. The van der Waals surface area contributed by atoms with Crippen LogP contribution in [0.25, 0.3) is 0 Å². The zero-order valence-electron chi connectivity index (χ0n) is 9.10. The molecule has 0 radical (unpaired) electrons. The van der Waals surface area contributed by atoms with Crippen LogP contribution in [0, 0.1) is 17.2 Å². The molecule has 2 atom stereocenters.